The van der Waals surface area contributed by atoms with Crippen LogP contribution in [-0.4, -0.2) is 65.9 Å². The van der Waals surface area contributed by atoms with Gasteiger partial charge in [-0.25, -0.2) is 9.78 Å². The Morgan fingerprint density at radius 3 is 2.66 bits per heavy atom. The lowest BCUT2D eigenvalue weighted by Crippen LogP contribution is -2.59. The lowest BCUT2D eigenvalue weighted by atomic mass is 9.75. The average Bonchev–Trinajstić information content (AvgIpc) is 3.13. The second-order valence-corrected chi connectivity index (χ2v) is 9.98. The van der Waals surface area contributed by atoms with Gasteiger partial charge < -0.3 is 25.0 Å². The number of piperidine rings is 1. The van der Waals surface area contributed by atoms with E-state index in [0.717, 1.165) is 23.4 Å². The minimum Gasteiger partial charge on any atom is -0.388 e. The summed E-state index contributed by atoms with van der Waals surface area (Å²) in [6.07, 6.45) is 3.14. The maximum absolute atomic E-state index is 13.3. The number of likely N-dealkylation sites (tertiary alicyclic amines) is 1. The molecule has 3 aromatic rings. The molecule has 10 heteroatoms. The van der Waals surface area contributed by atoms with E-state index in [2.05, 4.69) is 21.5 Å². The van der Waals surface area contributed by atoms with E-state index in [0.29, 0.717) is 37.9 Å². The maximum atomic E-state index is 13.3. The van der Waals surface area contributed by atoms with Crippen molar-refractivity contribution in [2.24, 2.45) is 0 Å². The number of carbonyl (C=O) groups excluding carboxylic acids is 1. The number of anilines is 1. The SMILES string of the molecule is CCn1c(C)nc2cc(C(=O)N3CCC4(CC3)C[C@@](C)(O)[C@H](n3ccc(N)nc3=O)CO4)ccc21. The van der Waals surface area contributed by atoms with E-state index < -0.39 is 22.9 Å². The minimum atomic E-state index is -1.17. The van der Waals surface area contributed by atoms with Gasteiger partial charge in [0.05, 0.1) is 34.9 Å². The van der Waals surface area contributed by atoms with Gasteiger partial charge in [-0.1, -0.05) is 0 Å². The number of rotatable bonds is 3. The van der Waals surface area contributed by atoms with E-state index in [-0.39, 0.29) is 18.3 Å². The van der Waals surface area contributed by atoms with Crippen molar-refractivity contribution in [2.75, 3.05) is 25.4 Å². The Labute approximate surface area is 203 Å². The molecule has 186 valence electrons. The highest BCUT2D eigenvalue weighted by Crippen LogP contribution is 2.43. The molecule has 1 spiro atoms. The number of nitrogens with two attached hydrogens (primary N) is 1. The molecular formula is C25H32N6O4. The fraction of sp³-hybridized carbons (Fsp3) is 0.520. The quantitative estimate of drug-likeness (QED) is 0.586. The first-order valence-electron chi connectivity index (χ1n) is 12.1. The first kappa shape index (κ1) is 23.5. The number of hydrogen-bond acceptors (Lipinski definition) is 7. The largest absolute Gasteiger partial charge is 0.388 e. The molecule has 5 rings (SSSR count). The van der Waals surface area contributed by atoms with Crippen molar-refractivity contribution < 1.29 is 14.6 Å². The number of nitrogens with zero attached hydrogens (tertiary/aromatic N) is 5. The standard InChI is InChI=1S/C25H32N6O4/c1-4-30-16(2)27-18-13-17(5-6-19(18)30)22(32)29-11-8-25(9-12-29)15-24(3,34)20(14-35-25)31-10-7-21(26)28-23(31)33/h5-7,10,13,20,34H,4,8-9,11-12,14-15H2,1-3H3,(H2,26,28,33)/t20-,24-/m1/s1. The van der Waals surface area contributed by atoms with Gasteiger partial charge in [-0.05, 0) is 57.9 Å². The van der Waals surface area contributed by atoms with Crippen molar-refractivity contribution >= 4 is 22.8 Å². The summed E-state index contributed by atoms with van der Waals surface area (Å²) >= 11 is 0. The fourth-order valence-corrected chi connectivity index (χ4v) is 5.70. The lowest BCUT2D eigenvalue weighted by Gasteiger charge is -2.51. The van der Waals surface area contributed by atoms with Crippen molar-refractivity contribution in [1.29, 1.82) is 0 Å². The topological polar surface area (TPSA) is 128 Å². The van der Waals surface area contributed by atoms with Gasteiger partial charge in [0.1, 0.15) is 11.6 Å². The predicted octanol–water partition coefficient (Wildman–Crippen LogP) is 1.89. The van der Waals surface area contributed by atoms with Crippen LogP contribution in [-0.2, 0) is 11.3 Å². The van der Waals surface area contributed by atoms with Crippen molar-refractivity contribution in [3.05, 3.63) is 52.3 Å². The fourth-order valence-electron chi connectivity index (χ4n) is 5.70. The summed E-state index contributed by atoms with van der Waals surface area (Å²) < 4.78 is 9.80. The molecule has 1 aromatic carbocycles. The molecular weight excluding hydrogens is 448 g/mol. The normalized spacial score (nSPS) is 24.2. The Bertz CT molecular complexity index is 1340. The van der Waals surface area contributed by atoms with Gasteiger partial charge in [0.2, 0.25) is 0 Å². The van der Waals surface area contributed by atoms with Crippen LogP contribution in [0.3, 0.4) is 0 Å². The maximum Gasteiger partial charge on any atom is 0.349 e. The minimum absolute atomic E-state index is 0.0228. The zero-order valence-corrected chi connectivity index (χ0v) is 20.4. The summed E-state index contributed by atoms with van der Waals surface area (Å²) in [6, 6.07) is 6.68. The number of imidazole rings is 1. The van der Waals surface area contributed by atoms with E-state index in [4.69, 9.17) is 10.5 Å². The number of aliphatic hydroxyl groups is 1. The Morgan fingerprint density at radius 1 is 1.26 bits per heavy atom. The smallest absolute Gasteiger partial charge is 0.349 e. The summed E-state index contributed by atoms with van der Waals surface area (Å²) in [6.45, 7) is 7.86. The molecule has 0 unspecified atom stereocenters. The first-order valence-corrected chi connectivity index (χ1v) is 12.1. The van der Waals surface area contributed by atoms with Gasteiger partial charge in [-0.15, -0.1) is 0 Å². The van der Waals surface area contributed by atoms with Crippen LogP contribution >= 0.6 is 0 Å². The number of aryl methyl sites for hydroxylation is 2. The highest BCUT2D eigenvalue weighted by Gasteiger charge is 2.50. The van der Waals surface area contributed by atoms with Crippen LogP contribution in [0.5, 0.6) is 0 Å². The van der Waals surface area contributed by atoms with Crippen LogP contribution in [0.2, 0.25) is 0 Å². The molecule has 2 saturated heterocycles. The molecule has 0 saturated carbocycles. The second-order valence-electron chi connectivity index (χ2n) is 9.98. The van der Waals surface area contributed by atoms with E-state index >= 15 is 0 Å². The molecule has 35 heavy (non-hydrogen) atoms. The molecule has 0 aliphatic carbocycles. The van der Waals surface area contributed by atoms with Gasteiger partial charge in [0.15, 0.2) is 0 Å². The summed E-state index contributed by atoms with van der Waals surface area (Å²) in [5.41, 5.74) is 5.86. The number of nitrogen functional groups attached to an aromatic ring is 1. The summed E-state index contributed by atoms with van der Waals surface area (Å²) in [5.74, 6) is 1.05. The molecule has 10 nitrogen and oxygen atoms in total. The van der Waals surface area contributed by atoms with Gasteiger partial charge in [0, 0.05) is 37.8 Å². The van der Waals surface area contributed by atoms with Crippen LogP contribution in [0.25, 0.3) is 11.0 Å². The number of ether oxygens (including phenoxy) is 1. The number of fused-ring (bicyclic) bond motifs is 1. The van der Waals surface area contributed by atoms with Gasteiger partial charge >= 0.3 is 5.69 Å². The number of hydrogen-bond donors (Lipinski definition) is 2. The zero-order valence-electron chi connectivity index (χ0n) is 20.4. The molecule has 2 aliphatic heterocycles. The predicted molar refractivity (Wildman–Crippen MR) is 131 cm³/mol. The van der Waals surface area contributed by atoms with Gasteiger partial charge in [-0.3, -0.25) is 9.36 Å². The third kappa shape index (κ3) is 4.10. The molecule has 4 heterocycles. The van der Waals surface area contributed by atoms with E-state index in [1.165, 1.54) is 10.6 Å². The summed E-state index contributed by atoms with van der Waals surface area (Å²) in [5, 5.41) is 11.3. The van der Waals surface area contributed by atoms with Crippen LogP contribution < -0.4 is 11.4 Å². The highest BCUT2D eigenvalue weighted by atomic mass is 16.5. The Kier molecular flexibility index (Phi) is 5.68. The van der Waals surface area contributed by atoms with Crippen molar-refractivity contribution in [3.63, 3.8) is 0 Å². The Balaban J connectivity index is 1.28. The van der Waals surface area contributed by atoms with Crippen molar-refractivity contribution in [2.45, 2.75) is 63.8 Å². The first-order chi connectivity index (χ1) is 16.6. The number of benzene rings is 1. The third-order valence-electron chi connectivity index (χ3n) is 7.60. The van der Waals surface area contributed by atoms with Crippen molar-refractivity contribution in [1.82, 2.24) is 24.0 Å². The molecule has 1 amide bonds. The average molecular weight is 481 g/mol. The third-order valence-corrected chi connectivity index (χ3v) is 7.60. The van der Waals surface area contributed by atoms with Crippen LogP contribution in [0.1, 0.15) is 55.3 Å². The monoisotopic (exact) mass is 480 g/mol. The molecule has 2 fully saturated rings. The van der Waals surface area contributed by atoms with Gasteiger partial charge in [-0.2, -0.15) is 4.98 Å². The van der Waals surface area contributed by atoms with Crippen LogP contribution in [0.15, 0.2) is 35.3 Å². The molecule has 3 N–H and O–H groups in total. The Hall–Kier alpha value is -3.24. The van der Waals surface area contributed by atoms with Crippen LogP contribution in [0.4, 0.5) is 5.82 Å². The number of amides is 1. The summed E-state index contributed by atoms with van der Waals surface area (Å²) in [4.78, 5) is 35.8. The molecule has 2 aromatic heterocycles. The van der Waals surface area contributed by atoms with Crippen LogP contribution in [0, 0.1) is 6.92 Å². The molecule has 0 bridgehead atoms. The van der Waals surface area contributed by atoms with E-state index in [1.54, 1.807) is 13.1 Å². The van der Waals surface area contributed by atoms with E-state index in [9.17, 15) is 14.7 Å². The van der Waals surface area contributed by atoms with E-state index in [1.807, 2.05) is 30.0 Å². The molecule has 2 aliphatic rings. The number of carbonyl (C=O) groups is 1. The summed E-state index contributed by atoms with van der Waals surface area (Å²) in [7, 11) is 0. The zero-order chi connectivity index (χ0) is 25.0. The Morgan fingerprint density at radius 2 is 2.00 bits per heavy atom. The van der Waals surface area contributed by atoms with Crippen molar-refractivity contribution in [3.8, 4) is 0 Å². The highest BCUT2D eigenvalue weighted by molar-refractivity contribution is 5.97. The molecule has 0 radical (unpaired) electrons. The second kappa shape index (κ2) is 8.46. The number of aromatic nitrogens is 4. The van der Waals surface area contributed by atoms with Gasteiger partial charge in [0.25, 0.3) is 5.91 Å². The molecule has 2 atom stereocenters. The lowest BCUT2D eigenvalue weighted by molar-refractivity contribution is -0.195.